The van der Waals surface area contributed by atoms with Crippen LogP contribution in [-0.2, 0) is 64.9 Å². The molecule has 0 unspecified atom stereocenters. The number of thioether (sulfide) groups is 1. The van der Waals surface area contributed by atoms with Crippen LogP contribution < -0.4 is 65.1 Å². The minimum atomic E-state index is -1.70. The molecule has 0 aliphatic heterocycles. The van der Waals surface area contributed by atoms with Crippen molar-refractivity contribution >= 4 is 82.1 Å². The van der Waals surface area contributed by atoms with Gasteiger partial charge in [0.1, 0.15) is 49.4 Å². The molecular weight excluding hydrogens is 1190 g/mol. The van der Waals surface area contributed by atoms with Gasteiger partial charge in [0, 0.05) is 24.6 Å². The molecule has 0 aromatic heterocycles. The quantitative estimate of drug-likeness (QED) is 0.0179. The van der Waals surface area contributed by atoms with E-state index in [-0.39, 0.29) is 67.7 Å². The smallest absolute Gasteiger partial charge is 0.407 e. The van der Waals surface area contributed by atoms with Crippen LogP contribution in [0, 0.1) is 17.8 Å². The number of nitrogens with one attached hydrogen (secondary N) is 9. The van der Waals surface area contributed by atoms with Gasteiger partial charge < -0.3 is 69.8 Å². The monoisotopic (exact) mass is 1270 g/mol. The molecule has 1 aliphatic carbocycles. The summed E-state index contributed by atoms with van der Waals surface area (Å²) in [5.74, 6) is -8.43. The summed E-state index contributed by atoms with van der Waals surface area (Å²) < 4.78 is 5.57. The molecule has 0 fully saturated rings. The maximum atomic E-state index is 14.3. The molecule has 91 heavy (non-hydrogen) atoms. The van der Waals surface area contributed by atoms with Crippen molar-refractivity contribution in [3.8, 4) is 11.1 Å². The van der Waals surface area contributed by atoms with E-state index in [1.54, 1.807) is 58.0 Å². The normalized spacial score (nSPS) is 13.9. The fourth-order valence-electron chi connectivity index (χ4n) is 10.0. The van der Waals surface area contributed by atoms with Crippen LogP contribution >= 0.6 is 11.8 Å². The molecule has 490 valence electrons. The average molecular weight is 1270 g/mol. The number of benzene rings is 4. The Hall–Kier alpha value is -9.33. The second kappa shape index (κ2) is 36.4. The van der Waals surface area contributed by atoms with Crippen molar-refractivity contribution in [1.29, 1.82) is 0 Å². The van der Waals surface area contributed by atoms with Crippen LogP contribution in [0.4, 0.5) is 4.79 Å². The molecule has 15 N–H and O–H groups in total. The van der Waals surface area contributed by atoms with Crippen LogP contribution in [0.25, 0.3) is 11.1 Å². The molecule has 4 aromatic carbocycles. The van der Waals surface area contributed by atoms with Crippen molar-refractivity contribution in [2.75, 3.05) is 26.2 Å². The van der Waals surface area contributed by atoms with Crippen molar-refractivity contribution in [2.24, 2.45) is 39.9 Å². The van der Waals surface area contributed by atoms with Gasteiger partial charge in [-0.15, -0.1) is 0 Å². The van der Waals surface area contributed by atoms with Gasteiger partial charge >= 0.3 is 6.09 Å². The van der Waals surface area contributed by atoms with Gasteiger partial charge in [0.2, 0.25) is 58.3 Å². The van der Waals surface area contributed by atoms with E-state index in [4.69, 9.17) is 21.9 Å². The minimum Gasteiger partial charge on any atom is -0.449 e. The number of hydrogen-bond acceptors (Lipinski definition) is 14. The Balaban J connectivity index is 1.21. The Morgan fingerprint density at radius 3 is 1.58 bits per heavy atom. The van der Waals surface area contributed by atoms with Crippen LogP contribution in [0.3, 0.4) is 0 Å². The summed E-state index contributed by atoms with van der Waals surface area (Å²) in [7, 11) is 0. The maximum Gasteiger partial charge on any atom is 0.407 e. The molecule has 0 saturated carbocycles. The number of carbonyl (C=O) groups excluding carboxylic acids is 11. The molecular formula is C65H87N13O12S. The fraction of sp³-hybridized carbons (Fsp3) is 0.446. The third-order valence-corrected chi connectivity index (χ3v) is 15.6. The molecule has 5 rings (SSSR count). The van der Waals surface area contributed by atoms with E-state index in [1.165, 1.54) is 6.92 Å². The van der Waals surface area contributed by atoms with Crippen LogP contribution in [-0.4, -0.2) is 139 Å². The number of nitrogens with two attached hydrogens (primary N) is 3. The molecule has 10 amide bonds. The highest BCUT2D eigenvalue weighted by atomic mass is 32.2. The number of fused-ring (bicyclic) bond motifs is 3. The first-order valence-corrected chi connectivity index (χ1v) is 31.3. The van der Waals surface area contributed by atoms with Gasteiger partial charge in [0.25, 0.3) is 0 Å². The topological polar surface area (TPSA) is 396 Å². The second-order valence-corrected chi connectivity index (χ2v) is 24.4. The van der Waals surface area contributed by atoms with Gasteiger partial charge in [-0.2, -0.15) is 0 Å². The lowest BCUT2D eigenvalue weighted by Crippen LogP contribution is -2.61. The number of aliphatic imine (C=N–C) groups is 1. The number of ether oxygens (including phenoxy) is 1. The van der Waals surface area contributed by atoms with Gasteiger partial charge in [-0.05, 0) is 83.7 Å². The molecule has 26 heteroatoms. The number of rotatable bonds is 35. The van der Waals surface area contributed by atoms with E-state index in [0.29, 0.717) is 17.7 Å². The van der Waals surface area contributed by atoms with Gasteiger partial charge in [-0.3, -0.25) is 52.9 Å². The summed E-state index contributed by atoms with van der Waals surface area (Å²) in [6, 6.07) is 24.3. The summed E-state index contributed by atoms with van der Waals surface area (Å²) in [6.45, 7) is 10.9. The molecule has 0 radical (unpaired) electrons. The minimum absolute atomic E-state index is 0.00611. The summed E-state index contributed by atoms with van der Waals surface area (Å²) in [5.41, 5.74) is 22.2. The number of guanidine groups is 1. The molecule has 7 atom stereocenters. The zero-order chi connectivity index (χ0) is 66.7. The van der Waals surface area contributed by atoms with Crippen LogP contribution in [0.2, 0.25) is 0 Å². The number of nitrogens with zero attached hydrogens (tertiary/aromatic N) is 1. The van der Waals surface area contributed by atoms with E-state index in [9.17, 15) is 52.7 Å². The van der Waals surface area contributed by atoms with Crippen molar-refractivity contribution in [3.63, 3.8) is 0 Å². The maximum absolute atomic E-state index is 14.3. The summed E-state index contributed by atoms with van der Waals surface area (Å²) in [6.07, 6.45) is -1.17. The Bertz CT molecular complexity index is 3150. The Kier molecular flexibility index (Phi) is 28.9. The average Bonchev–Trinajstić information content (AvgIpc) is 1.63. The summed E-state index contributed by atoms with van der Waals surface area (Å²) in [4.78, 5) is 153. The first-order valence-electron chi connectivity index (χ1n) is 30.3. The number of primary amides is 1. The van der Waals surface area contributed by atoms with Gasteiger partial charge in [-0.1, -0.05) is 162 Å². The van der Waals surface area contributed by atoms with Crippen molar-refractivity contribution in [1.82, 2.24) is 47.9 Å². The molecule has 25 nitrogen and oxygen atoms in total. The molecule has 1 aliphatic rings. The van der Waals surface area contributed by atoms with E-state index in [1.807, 2.05) is 92.7 Å². The zero-order valence-corrected chi connectivity index (χ0v) is 53.3. The number of hydrogen-bond donors (Lipinski definition) is 12. The molecule has 0 heterocycles. The van der Waals surface area contributed by atoms with Gasteiger partial charge in [0.15, 0.2) is 5.96 Å². The fourth-order valence-corrected chi connectivity index (χ4v) is 10.9. The lowest BCUT2D eigenvalue weighted by atomic mass is 9.98. The number of alkyl carbamates (subject to hydrolysis) is 1. The van der Waals surface area contributed by atoms with Crippen molar-refractivity contribution in [2.45, 2.75) is 141 Å². The van der Waals surface area contributed by atoms with Crippen molar-refractivity contribution < 1.29 is 57.5 Å². The SMILES string of the molecule is CC(C)C[C@H](NC(=O)[C@H](CCCN=C(N)N)NC(=O)CNC(=O)OCC1c2ccccc2-c2ccccc21)C(=O)N[C@H](C(=O)N[C@@H](CC(N)=O)C(=O)N[C@@H](Cc1ccccc1)C(=O)N[C@@H](C)C(=O)NCC(=O)N[C@@H](CC(C)C)C(=O)SCc1ccccc1)C(C)C. The second-order valence-electron chi connectivity index (χ2n) is 23.4. The summed E-state index contributed by atoms with van der Waals surface area (Å²) in [5, 5.41) is 23.0. The predicted molar refractivity (Wildman–Crippen MR) is 346 cm³/mol. The third kappa shape index (κ3) is 24.2. The lowest BCUT2D eigenvalue weighted by molar-refractivity contribution is -0.137. The van der Waals surface area contributed by atoms with E-state index < -0.39 is 127 Å². The molecule has 4 aromatic rings. The zero-order valence-electron chi connectivity index (χ0n) is 52.5. The van der Waals surface area contributed by atoms with E-state index in [0.717, 1.165) is 39.6 Å². The van der Waals surface area contributed by atoms with E-state index >= 15 is 0 Å². The molecule has 0 bridgehead atoms. The molecule has 0 saturated heterocycles. The number of amides is 10. The van der Waals surface area contributed by atoms with Crippen LogP contribution in [0.15, 0.2) is 114 Å². The van der Waals surface area contributed by atoms with Crippen LogP contribution in [0.5, 0.6) is 0 Å². The molecule has 0 spiro atoms. The highest BCUT2D eigenvalue weighted by Crippen LogP contribution is 2.44. The number of carbonyl (C=O) groups is 11. The van der Waals surface area contributed by atoms with Crippen molar-refractivity contribution in [3.05, 3.63) is 131 Å². The predicted octanol–water partition coefficient (Wildman–Crippen LogP) is 2.43. The Morgan fingerprint density at radius 2 is 1.01 bits per heavy atom. The van der Waals surface area contributed by atoms with Gasteiger partial charge in [0.05, 0.1) is 19.0 Å². The highest BCUT2D eigenvalue weighted by Gasteiger charge is 2.36. The Morgan fingerprint density at radius 1 is 0.516 bits per heavy atom. The largest absolute Gasteiger partial charge is 0.449 e. The van der Waals surface area contributed by atoms with E-state index in [2.05, 4.69) is 52.8 Å². The Labute approximate surface area is 534 Å². The standard InChI is InChI=1S/C65H87N13O12S/c1-37(2)29-49(75-58(83)48(27-18-28-69-64(67)68)73-55(81)34-71-65(89)90-35-47-45-25-16-14-23-43(45)44-24-15-17-26-46(44)47)61(86)78-56(39(5)6)62(87)77-51(32-53(66)79)60(85)76-50(31-41-19-10-8-11-20-41)59(84)72-40(7)57(82)70-33-54(80)74-52(30-38(3)4)63(88)91-36-42-21-12-9-13-22-42/h8-17,19-26,37-40,47-52,56H,18,27-36H2,1-7H3,(H2,66,79)(H,70,82)(H,71,89)(H,72,84)(H,73,81)(H,74,80)(H,75,83)(H,76,85)(H,77,87)(H,78,86)(H4,67,68,69)/t40-,48-,49-,50-,51-,52-,56-/m0/s1. The van der Waals surface area contributed by atoms with Crippen LogP contribution in [0.1, 0.15) is 109 Å². The summed E-state index contributed by atoms with van der Waals surface area (Å²) >= 11 is 1.07. The first-order chi connectivity index (χ1) is 43.3. The first kappa shape index (κ1) is 72.4. The van der Waals surface area contributed by atoms with Gasteiger partial charge in [-0.25, -0.2) is 4.79 Å². The lowest BCUT2D eigenvalue weighted by Gasteiger charge is -2.29. The highest BCUT2D eigenvalue weighted by molar-refractivity contribution is 8.13. The third-order valence-electron chi connectivity index (χ3n) is 14.6.